The summed E-state index contributed by atoms with van der Waals surface area (Å²) < 4.78 is 5.25. The van der Waals surface area contributed by atoms with Crippen LogP contribution in [0.4, 0.5) is 0 Å². The predicted molar refractivity (Wildman–Crippen MR) is 72.4 cm³/mol. The molecule has 0 aromatic heterocycles. The largest absolute Gasteiger partial charge is 0.496 e. The van der Waals surface area contributed by atoms with Gasteiger partial charge in [0.2, 0.25) is 0 Å². The average Bonchev–Trinajstić information content (AvgIpc) is 2.46. The Morgan fingerprint density at radius 1 is 1.44 bits per heavy atom. The average molecular weight is 268 g/mol. The maximum Gasteiger partial charge on any atom is 0.257 e. The van der Waals surface area contributed by atoms with Crippen molar-refractivity contribution in [2.24, 2.45) is 0 Å². The van der Waals surface area contributed by atoms with Crippen LogP contribution in [0.2, 0.25) is 0 Å². The highest BCUT2D eigenvalue weighted by atomic mass is 35.5. The zero-order chi connectivity index (χ0) is 13.0. The molecule has 0 N–H and O–H groups in total. The fraction of sp³-hybridized carbons (Fsp3) is 0.500. The van der Waals surface area contributed by atoms with Crippen molar-refractivity contribution in [2.45, 2.75) is 25.3 Å². The zero-order valence-electron chi connectivity index (χ0n) is 10.6. The van der Waals surface area contributed by atoms with Gasteiger partial charge in [-0.05, 0) is 31.4 Å². The Kier molecular flexibility index (Phi) is 4.48. The number of carbonyl (C=O) groups is 1. The number of rotatable bonds is 3. The van der Waals surface area contributed by atoms with E-state index in [1.54, 1.807) is 13.2 Å². The van der Waals surface area contributed by atoms with E-state index in [0.717, 1.165) is 25.8 Å². The van der Waals surface area contributed by atoms with Crippen LogP contribution in [0.5, 0.6) is 5.75 Å². The van der Waals surface area contributed by atoms with Crippen LogP contribution >= 0.6 is 11.6 Å². The molecule has 18 heavy (non-hydrogen) atoms. The molecule has 98 valence electrons. The van der Waals surface area contributed by atoms with Gasteiger partial charge in [0.05, 0.1) is 12.7 Å². The third-order valence-corrected chi connectivity index (χ3v) is 3.76. The van der Waals surface area contributed by atoms with Gasteiger partial charge in [-0.3, -0.25) is 4.79 Å². The van der Waals surface area contributed by atoms with Crippen molar-refractivity contribution in [1.82, 2.24) is 4.90 Å². The summed E-state index contributed by atoms with van der Waals surface area (Å²) in [6.45, 7) is 0.786. The number of carbonyl (C=O) groups excluding carboxylic acids is 1. The van der Waals surface area contributed by atoms with E-state index in [1.165, 1.54) is 0 Å². The molecule has 1 aromatic carbocycles. The number of halogens is 1. The number of likely N-dealkylation sites (tertiary alicyclic amines) is 1. The molecular weight excluding hydrogens is 250 g/mol. The van der Waals surface area contributed by atoms with Crippen LogP contribution in [0.1, 0.15) is 29.6 Å². The molecule has 0 saturated carbocycles. The Balaban J connectivity index is 2.24. The lowest BCUT2D eigenvalue weighted by atomic mass is 10.0. The molecule has 0 spiro atoms. The van der Waals surface area contributed by atoms with Gasteiger partial charge in [-0.25, -0.2) is 0 Å². The number of methoxy groups -OCH3 is 1. The van der Waals surface area contributed by atoms with E-state index >= 15 is 0 Å². The molecular formula is C14H18ClNO2. The van der Waals surface area contributed by atoms with E-state index in [9.17, 15) is 4.79 Å². The van der Waals surface area contributed by atoms with Crippen LogP contribution in [0.15, 0.2) is 24.3 Å². The first-order chi connectivity index (χ1) is 8.77. The van der Waals surface area contributed by atoms with E-state index in [1.807, 2.05) is 23.1 Å². The van der Waals surface area contributed by atoms with E-state index in [-0.39, 0.29) is 11.9 Å². The van der Waals surface area contributed by atoms with Gasteiger partial charge in [-0.15, -0.1) is 11.6 Å². The minimum Gasteiger partial charge on any atom is -0.496 e. The Labute approximate surface area is 113 Å². The fourth-order valence-corrected chi connectivity index (χ4v) is 2.73. The number of benzene rings is 1. The minimum absolute atomic E-state index is 0.0257. The van der Waals surface area contributed by atoms with Crippen molar-refractivity contribution in [3.63, 3.8) is 0 Å². The van der Waals surface area contributed by atoms with Crippen molar-refractivity contribution < 1.29 is 9.53 Å². The van der Waals surface area contributed by atoms with Crippen LogP contribution in [0.3, 0.4) is 0 Å². The van der Waals surface area contributed by atoms with E-state index in [4.69, 9.17) is 16.3 Å². The number of alkyl halides is 1. The summed E-state index contributed by atoms with van der Waals surface area (Å²) in [7, 11) is 1.58. The van der Waals surface area contributed by atoms with Gasteiger partial charge in [0, 0.05) is 18.5 Å². The first-order valence-corrected chi connectivity index (χ1v) is 6.81. The number of para-hydroxylation sites is 1. The summed E-state index contributed by atoms with van der Waals surface area (Å²) in [6, 6.07) is 7.49. The van der Waals surface area contributed by atoms with Crippen LogP contribution in [0.25, 0.3) is 0 Å². The summed E-state index contributed by atoms with van der Waals surface area (Å²) in [5, 5.41) is 0. The summed E-state index contributed by atoms with van der Waals surface area (Å²) in [4.78, 5) is 14.4. The minimum atomic E-state index is 0.0257. The van der Waals surface area contributed by atoms with Crippen molar-refractivity contribution in [3.05, 3.63) is 29.8 Å². The van der Waals surface area contributed by atoms with Crippen molar-refractivity contribution in [3.8, 4) is 5.75 Å². The Morgan fingerprint density at radius 3 is 2.94 bits per heavy atom. The summed E-state index contributed by atoms with van der Waals surface area (Å²) in [6.07, 6.45) is 3.19. The SMILES string of the molecule is COc1ccccc1C(=O)N1CCCCC1CCl. The highest BCUT2D eigenvalue weighted by molar-refractivity contribution is 6.18. The highest BCUT2D eigenvalue weighted by Gasteiger charge is 2.28. The quantitative estimate of drug-likeness (QED) is 0.788. The van der Waals surface area contributed by atoms with Crippen molar-refractivity contribution >= 4 is 17.5 Å². The fourth-order valence-electron chi connectivity index (χ4n) is 2.40. The Hall–Kier alpha value is -1.22. The van der Waals surface area contributed by atoms with Gasteiger partial charge in [0.25, 0.3) is 5.91 Å². The van der Waals surface area contributed by atoms with Crippen LogP contribution < -0.4 is 4.74 Å². The van der Waals surface area contributed by atoms with E-state index in [2.05, 4.69) is 0 Å². The Morgan fingerprint density at radius 2 is 2.22 bits per heavy atom. The zero-order valence-corrected chi connectivity index (χ0v) is 11.3. The number of nitrogens with zero attached hydrogens (tertiary/aromatic N) is 1. The van der Waals surface area contributed by atoms with Gasteiger partial charge < -0.3 is 9.64 Å². The lowest BCUT2D eigenvalue weighted by molar-refractivity contribution is 0.0636. The predicted octanol–water partition coefficient (Wildman–Crippen LogP) is 2.93. The van der Waals surface area contributed by atoms with Crippen LogP contribution in [-0.4, -0.2) is 36.4 Å². The number of hydrogen-bond donors (Lipinski definition) is 0. The molecule has 0 radical (unpaired) electrons. The van der Waals surface area contributed by atoms with Gasteiger partial charge in [-0.1, -0.05) is 12.1 Å². The normalized spacial score (nSPS) is 19.7. The molecule has 1 atom stereocenters. The van der Waals surface area contributed by atoms with Crippen LogP contribution in [-0.2, 0) is 0 Å². The first kappa shape index (κ1) is 13.2. The number of piperidine rings is 1. The van der Waals surface area contributed by atoms with Gasteiger partial charge in [0.15, 0.2) is 0 Å². The molecule has 1 aliphatic heterocycles. The number of amides is 1. The first-order valence-electron chi connectivity index (χ1n) is 6.28. The lowest BCUT2D eigenvalue weighted by Gasteiger charge is -2.34. The molecule has 1 unspecified atom stereocenters. The maximum absolute atomic E-state index is 12.5. The monoisotopic (exact) mass is 267 g/mol. The molecule has 1 amide bonds. The van der Waals surface area contributed by atoms with Crippen LogP contribution in [0, 0.1) is 0 Å². The maximum atomic E-state index is 12.5. The van der Waals surface area contributed by atoms with Gasteiger partial charge in [-0.2, -0.15) is 0 Å². The molecule has 3 nitrogen and oxygen atoms in total. The second-order valence-electron chi connectivity index (χ2n) is 4.50. The summed E-state index contributed by atoms with van der Waals surface area (Å²) >= 11 is 5.96. The molecule has 1 fully saturated rings. The number of ether oxygens (including phenoxy) is 1. The molecule has 1 heterocycles. The smallest absolute Gasteiger partial charge is 0.257 e. The number of hydrogen-bond acceptors (Lipinski definition) is 2. The molecule has 0 aliphatic carbocycles. The Bertz CT molecular complexity index is 422. The topological polar surface area (TPSA) is 29.5 Å². The summed E-state index contributed by atoms with van der Waals surface area (Å²) in [5.74, 6) is 1.15. The third kappa shape index (κ3) is 2.61. The standard InChI is InChI=1S/C14H18ClNO2/c1-18-13-8-3-2-7-12(13)14(17)16-9-5-4-6-11(16)10-15/h2-3,7-8,11H,4-6,9-10H2,1H3. The second-order valence-corrected chi connectivity index (χ2v) is 4.81. The lowest BCUT2D eigenvalue weighted by Crippen LogP contribution is -2.44. The van der Waals surface area contributed by atoms with Gasteiger partial charge >= 0.3 is 0 Å². The van der Waals surface area contributed by atoms with E-state index in [0.29, 0.717) is 17.2 Å². The molecule has 2 rings (SSSR count). The van der Waals surface area contributed by atoms with Crippen molar-refractivity contribution in [1.29, 1.82) is 0 Å². The molecule has 1 aromatic rings. The third-order valence-electron chi connectivity index (χ3n) is 3.40. The second kappa shape index (κ2) is 6.10. The van der Waals surface area contributed by atoms with E-state index < -0.39 is 0 Å². The van der Waals surface area contributed by atoms with Gasteiger partial charge in [0.1, 0.15) is 5.75 Å². The highest BCUT2D eigenvalue weighted by Crippen LogP contribution is 2.24. The molecule has 0 bridgehead atoms. The summed E-state index contributed by atoms with van der Waals surface area (Å²) in [5.41, 5.74) is 0.622. The molecule has 1 aliphatic rings. The van der Waals surface area contributed by atoms with Crippen molar-refractivity contribution in [2.75, 3.05) is 19.5 Å². The molecule has 4 heteroatoms. The molecule has 1 saturated heterocycles.